The Balaban J connectivity index is 2.04. The van der Waals surface area contributed by atoms with E-state index in [9.17, 15) is 0 Å². The number of nitrogens with one attached hydrogen (secondary N) is 1. The third kappa shape index (κ3) is 1.68. The summed E-state index contributed by atoms with van der Waals surface area (Å²) in [6, 6.07) is 2.13. The predicted molar refractivity (Wildman–Crippen MR) is 50.5 cm³/mol. The molecule has 0 bridgehead atoms. The molecule has 2 nitrogen and oxygen atoms in total. The topological polar surface area (TPSA) is 21.3 Å². The second-order valence-corrected chi connectivity index (χ2v) is 3.93. The number of thiophene rings is 1. The van der Waals surface area contributed by atoms with Crippen LogP contribution in [-0.2, 0) is 4.74 Å². The molecule has 2 rings (SSSR count). The molecule has 0 amide bonds. The van der Waals surface area contributed by atoms with Crippen molar-refractivity contribution in [3.8, 4) is 0 Å². The Hall–Kier alpha value is -0.380. The van der Waals surface area contributed by atoms with Crippen molar-refractivity contribution in [2.75, 3.05) is 13.1 Å². The Kier molecular flexibility index (Phi) is 2.44. The summed E-state index contributed by atoms with van der Waals surface area (Å²) in [5.74, 6) is 0. The molecule has 1 fully saturated rings. The van der Waals surface area contributed by atoms with Gasteiger partial charge < -0.3 is 10.1 Å². The van der Waals surface area contributed by atoms with Gasteiger partial charge in [0.1, 0.15) is 0 Å². The maximum absolute atomic E-state index is 5.77. The van der Waals surface area contributed by atoms with E-state index in [-0.39, 0.29) is 6.10 Å². The van der Waals surface area contributed by atoms with Gasteiger partial charge in [-0.2, -0.15) is 11.3 Å². The molecule has 2 heterocycles. The SMILES string of the molecule is C[C@@H]1CNC[C@H](c2ccsc2)O1. The molecule has 1 aliphatic heterocycles. The van der Waals surface area contributed by atoms with Crippen molar-refractivity contribution in [1.29, 1.82) is 0 Å². The van der Waals surface area contributed by atoms with E-state index in [1.807, 2.05) is 0 Å². The third-order valence-electron chi connectivity index (χ3n) is 2.07. The summed E-state index contributed by atoms with van der Waals surface area (Å²) in [5, 5.41) is 7.60. The van der Waals surface area contributed by atoms with E-state index in [1.54, 1.807) is 11.3 Å². The molecule has 1 N–H and O–H groups in total. The average molecular weight is 183 g/mol. The van der Waals surface area contributed by atoms with Crippen LogP contribution in [0.15, 0.2) is 16.8 Å². The highest BCUT2D eigenvalue weighted by molar-refractivity contribution is 7.07. The maximum atomic E-state index is 5.77. The highest BCUT2D eigenvalue weighted by Gasteiger charge is 2.19. The fourth-order valence-electron chi connectivity index (χ4n) is 1.45. The van der Waals surface area contributed by atoms with Gasteiger partial charge in [-0.3, -0.25) is 0 Å². The van der Waals surface area contributed by atoms with Crippen LogP contribution in [0.2, 0.25) is 0 Å². The molecule has 66 valence electrons. The highest BCUT2D eigenvalue weighted by atomic mass is 32.1. The molecule has 12 heavy (non-hydrogen) atoms. The van der Waals surface area contributed by atoms with Crippen molar-refractivity contribution in [2.24, 2.45) is 0 Å². The van der Waals surface area contributed by atoms with Gasteiger partial charge in [-0.15, -0.1) is 0 Å². The minimum absolute atomic E-state index is 0.264. The van der Waals surface area contributed by atoms with Gasteiger partial charge in [0.05, 0.1) is 12.2 Å². The van der Waals surface area contributed by atoms with Crippen molar-refractivity contribution < 1.29 is 4.74 Å². The summed E-state index contributed by atoms with van der Waals surface area (Å²) in [4.78, 5) is 0. The van der Waals surface area contributed by atoms with Crippen LogP contribution < -0.4 is 5.32 Å². The molecule has 0 unspecified atom stereocenters. The number of hydrogen-bond acceptors (Lipinski definition) is 3. The first-order chi connectivity index (χ1) is 5.86. The number of morpholine rings is 1. The second-order valence-electron chi connectivity index (χ2n) is 3.15. The Morgan fingerprint density at radius 3 is 3.17 bits per heavy atom. The molecule has 1 aliphatic rings. The molecule has 0 spiro atoms. The van der Waals surface area contributed by atoms with E-state index in [4.69, 9.17) is 4.74 Å². The molecule has 3 heteroatoms. The summed E-state index contributed by atoms with van der Waals surface area (Å²) in [5.41, 5.74) is 1.30. The zero-order chi connectivity index (χ0) is 8.39. The molecular weight excluding hydrogens is 170 g/mol. The lowest BCUT2D eigenvalue weighted by Gasteiger charge is -2.28. The molecule has 1 aromatic rings. The second kappa shape index (κ2) is 3.56. The molecule has 0 saturated carbocycles. The summed E-state index contributed by atoms with van der Waals surface area (Å²) in [6.45, 7) is 4.02. The van der Waals surface area contributed by atoms with E-state index in [1.165, 1.54) is 5.56 Å². The van der Waals surface area contributed by atoms with Crippen LogP contribution in [0.5, 0.6) is 0 Å². The maximum Gasteiger partial charge on any atom is 0.0961 e. The fraction of sp³-hybridized carbons (Fsp3) is 0.556. The molecule has 0 aromatic carbocycles. The van der Waals surface area contributed by atoms with E-state index < -0.39 is 0 Å². The Morgan fingerprint density at radius 2 is 2.50 bits per heavy atom. The molecule has 2 atom stereocenters. The lowest BCUT2D eigenvalue weighted by Crippen LogP contribution is -2.38. The Labute approximate surface area is 76.6 Å². The standard InChI is InChI=1S/C9H13NOS/c1-7-4-10-5-9(11-7)8-2-3-12-6-8/h2-3,6-7,9-10H,4-5H2,1H3/t7-,9-/m1/s1. The lowest BCUT2D eigenvalue weighted by molar-refractivity contribution is -0.0285. The van der Waals surface area contributed by atoms with Crippen LogP contribution in [0.1, 0.15) is 18.6 Å². The first-order valence-corrected chi connectivity index (χ1v) is 5.19. The minimum atomic E-state index is 0.264. The predicted octanol–water partition coefficient (Wildman–Crippen LogP) is 1.80. The average Bonchev–Trinajstić information content (AvgIpc) is 2.56. The highest BCUT2D eigenvalue weighted by Crippen LogP contribution is 2.22. The molecule has 1 aromatic heterocycles. The quantitative estimate of drug-likeness (QED) is 0.717. The van der Waals surface area contributed by atoms with Gasteiger partial charge in [0.15, 0.2) is 0 Å². The molecule has 0 radical (unpaired) electrons. The largest absolute Gasteiger partial charge is 0.368 e. The van der Waals surface area contributed by atoms with E-state index in [0.717, 1.165) is 13.1 Å². The zero-order valence-electron chi connectivity index (χ0n) is 7.12. The van der Waals surface area contributed by atoms with Crippen LogP contribution in [0, 0.1) is 0 Å². The normalized spacial score (nSPS) is 30.4. The van der Waals surface area contributed by atoms with Gasteiger partial charge in [-0.25, -0.2) is 0 Å². The van der Waals surface area contributed by atoms with Gasteiger partial charge in [0, 0.05) is 13.1 Å². The fourth-order valence-corrected chi connectivity index (χ4v) is 2.15. The van der Waals surface area contributed by atoms with Gasteiger partial charge in [-0.05, 0) is 29.3 Å². The van der Waals surface area contributed by atoms with Crippen molar-refractivity contribution in [2.45, 2.75) is 19.1 Å². The van der Waals surface area contributed by atoms with Crippen molar-refractivity contribution >= 4 is 11.3 Å². The lowest BCUT2D eigenvalue weighted by atomic mass is 10.1. The third-order valence-corrected chi connectivity index (χ3v) is 2.77. The number of rotatable bonds is 1. The minimum Gasteiger partial charge on any atom is -0.368 e. The summed E-state index contributed by atoms with van der Waals surface area (Å²) < 4.78 is 5.77. The first-order valence-electron chi connectivity index (χ1n) is 4.24. The molecular formula is C9H13NOS. The smallest absolute Gasteiger partial charge is 0.0961 e. The van der Waals surface area contributed by atoms with Gasteiger partial charge >= 0.3 is 0 Å². The van der Waals surface area contributed by atoms with E-state index in [2.05, 4.69) is 29.1 Å². The summed E-state index contributed by atoms with van der Waals surface area (Å²) >= 11 is 1.73. The summed E-state index contributed by atoms with van der Waals surface area (Å²) in [7, 11) is 0. The summed E-state index contributed by atoms with van der Waals surface area (Å²) in [6.07, 6.45) is 0.601. The van der Waals surface area contributed by atoms with Crippen molar-refractivity contribution in [3.63, 3.8) is 0 Å². The monoisotopic (exact) mass is 183 g/mol. The van der Waals surface area contributed by atoms with Crippen LogP contribution >= 0.6 is 11.3 Å². The molecule has 1 saturated heterocycles. The number of ether oxygens (including phenoxy) is 1. The van der Waals surface area contributed by atoms with E-state index >= 15 is 0 Å². The van der Waals surface area contributed by atoms with Gasteiger partial charge in [-0.1, -0.05) is 0 Å². The van der Waals surface area contributed by atoms with Crippen LogP contribution in [0.4, 0.5) is 0 Å². The molecule has 0 aliphatic carbocycles. The number of hydrogen-bond donors (Lipinski definition) is 1. The van der Waals surface area contributed by atoms with E-state index in [0.29, 0.717) is 6.10 Å². The Bertz CT molecular complexity index is 235. The Morgan fingerprint density at radius 1 is 1.58 bits per heavy atom. The first kappa shape index (κ1) is 8.23. The van der Waals surface area contributed by atoms with Gasteiger partial charge in [0.2, 0.25) is 0 Å². The van der Waals surface area contributed by atoms with Crippen LogP contribution in [0.25, 0.3) is 0 Å². The van der Waals surface area contributed by atoms with Crippen LogP contribution in [-0.4, -0.2) is 19.2 Å². The zero-order valence-corrected chi connectivity index (χ0v) is 7.93. The van der Waals surface area contributed by atoms with Gasteiger partial charge in [0.25, 0.3) is 0 Å². The van der Waals surface area contributed by atoms with Crippen molar-refractivity contribution in [1.82, 2.24) is 5.32 Å². The van der Waals surface area contributed by atoms with Crippen molar-refractivity contribution in [3.05, 3.63) is 22.4 Å². The van der Waals surface area contributed by atoms with Crippen LogP contribution in [0.3, 0.4) is 0 Å².